The Kier molecular flexibility index (Phi) is 6.37. The predicted octanol–water partition coefficient (Wildman–Crippen LogP) is 1.83. The van der Waals surface area contributed by atoms with E-state index in [1.54, 1.807) is 0 Å². The molecule has 0 bridgehead atoms. The Morgan fingerprint density at radius 2 is 1.88 bits per heavy atom. The lowest BCUT2D eigenvalue weighted by Gasteiger charge is -2.44. The fourth-order valence-electron chi connectivity index (χ4n) is 4.54. The number of piperazine rings is 1. The summed E-state index contributed by atoms with van der Waals surface area (Å²) in [7, 11) is 0. The highest BCUT2D eigenvalue weighted by Crippen LogP contribution is 2.42. The van der Waals surface area contributed by atoms with E-state index in [0.717, 1.165) is 32.7 Å². The number of carbonyl (C=O) groups excluding carboxylic acids is 1. The van der Waals surface area contributed by atoms with E-state index in [9.17, 15) is 18.0 Å². The Morgan fingerprint density at radius 1 is 1.19 bits per heavy atom. The molecule has 26 heavy (non-hydrogen) atoms. The van der Waals surface area contributed by atoms with E-state index in [1.807, 2.05) is 6.92 Å². The molecule has 1 aliphatic carbocycles. The SMILES string of the molecule is CC1CC(C(F)(F)F)CCC1CN1CCN(C2CNNC(=O)C2Cl)CC1. The zero-order valence-electron chi connectivity index (χ0n) is 15.1. The van der Waals surface area contributed by atoms with Gasteiger partial charge in [-0.2, -0.15) is 13.2 Å². The summed E-state index contributed by atoms with van der Waals surface area (Å²) in [6, 6.07) is -0.0197. The molecule has 2 aliphatic heterocycles. The molecule has 9 heteroatoms. The fraction of sp³-hybridized carbons (Fsp3) is 0.941. The zero-order chi connectivity index (χ0) is 18.9. The van der Waals surface area contributed by atoms with Crippen LogP contribution in [-0.4, -0.2) is 72.6 Å². The third-order valence-corrected chi connectivity index (χ3v) is 6.78. The summed E-state index contributed by atoms with van der Waals surface area (Å²) in [6.07, 6.45) is -2.88. The summed E-state index contributed by atoms with van der Waals surface area (Å²) in [5.41, 5.74) is 5.42. The van der Waals surface area contributed by atoms with Crippen LogP contribution in [0.15, 0.2) is 0 Å². The monoisotopic (exact) mass is 396 g/mol. The molecule has 2 N–H and O–H groups in total. The van der Waals surface area contributed by atoms with Crippen LogP contribution < -0.4 is 10.9 Å². The molecule has 5 unspecified atom stereocenters. The maximum Gasteiger partial charge on any atom is 0.391 e. The summed E-state index contributed by atoms with van der Waals surface area (Å²) < 4.78 is 38.8. The summed E-state index contributed by atoms with van der Waals surface area (Å²) >= 11 is 6.23. The molecular formula is C17H28ClF3N4O. The highest BCUT2D eigenvalue weighted by Gasteiger charge is 2.44. The van der Waals surface area contributed by atoms with E-state index in [-0.39, 0.29) is 30.7 Å². The number of rotatable bonds is 3. The molecule has 3 aliphatic rings. The molecule has 3 fully saturated rings. The first-order chi connectivity index (χ1) is 12.3. The van der Waals surface area contributed by atoms with Gasteiger partial charge in [-0.15, -0.1) is 11.6 Å². The van der Waals surface area contributed by atoms with Gasteiger partial charge in [0.1, 0.15) is 5.38 Å². The molecule has 2 heterocycles. The van der Waals surface area contributed by atoms with Gasteiger partial charge in [-0.1, -0.05) is 6.92 Å². The first-order valence-corrected chi connectivity index (χ1v) is 9.89. The average molecular weight is 397 g/mol. The van der Waals surface area contributed by atoms with Gasteiger partial charge in [-0.25, -0.2) is 5.43 Å². The van der Waals surface area contributed by atoms with E-state index < -0.39 is 17.5 Å². The minimum atomic E-state index is -4.05. The topological polar surface area (TPSA) is 47.6 Å². The number of hydrogen-bond donors (Lipinski definition) is 2. The molecule has 0 radical (unpaired) electrons. The molecule has 0 aromatic rings. The number of amides is 1. The van der Waals surface area contributed by atoms with E-state index in [4.69, 9.17) is 11.6 Å². The molecule has 0 aromatic carbocycles. The van der Waals surface area contributed by atoms with Gasteiger partial charge in [0.2, 0.25) is 0 Å². The summed E-state index contributed by atoms with van der Waals surface area (Å²) in [4.78, 5) is 16.3. The molecule has 1 amide bonds. The summed E-state index contributed by atoms with van der Waals surface area (Å²) in [5, 5.41) is -0.555. The van der Waals surface area contributed by atoms with Crippen molar-refractivity contribution in [3.8, 4) is 0 Å². The van der Waals surface area contributed by atoms with Gasteiger partial charge in [0.05, 0.1) is 5.92 Å². The molecule has 0 aromatic heterocycles. The molecular weight excluding hydrogens is 369 g/mol. The second-order valence-corrected chi connectivity index (χ2v) is 8.43. The van der Waals surface area contributed by atoms with Crippen molar-refractivity contribution in [2.45, 2.75) is 43.8 Å². The van der Waals surface area contributed by atoms with Gasteiger partial charge >= 0.3 is 6.18 Å². The standard InChI is InChI=1S/C17H28ClF3N4O/c1-11-8-13(17(19,20)21)3-2-12(11)10-24-4-6-25(7-5-24)14-9-22-23-16(26)15(14)18/h11-15,22H,2-10H2,1H3,(H,23,26). The highest BCUT2D eigenvalue weighted by molar-refractivity contribution is 6.31. The van der Waals surface area contributed by atoms with E-state index in [0.29, 0.717) is 18.9 Å². The number of hydrazine groups is 1. The number of nitrogens with zero attached hydrogens (tertiary/aromatic N) is 2. The van der Waals surface area contributed by atoms with Crippen LogP contribution in [0.1, 0.15) is 26.2 Å². The van der Waals surface area contributed by atoms with Crippen LogP contribution >= 0.6 is 11.6 Å². The molecule has 150 valence electrons. The van der Waals surface area contributed by atoms with Crippen molar-refractivity contribution in [3.63, 3.8) is 0 Å². The van der Waals surface area contributed by atoms with Crippen LogP contribution in [0.2, 0.25) is 0 Å². The summed E-state index contributed by atoms with van der Waals surface area (Å²) in [5.74, 6) is -0.883. The van der Waals surface area contributed by atoms with Gasteiger partial charge in [0.15, 0.2) is 0 Å². The lowest BCUT2D eigenvalue weighted by Crippen LogP contribution is -2.64. The van der Waals surface area contributed by atoms with Crippen molar-refractivity contribution in [2.24, 2.45) is 17.8 Å². The predicted molar refractivity (Wildman–Crippen MR) is 93.6 cm³/mol. The molecule has 2 saturated heterocycles. The van der Waals surface area contributed by atoms with Crippen molar-refractivity contribution in [2.75, 3.05) is 39.3 Å². The third-order valence-electron chi connectivity index (χ3n) is 6.29. The Balaban J connectivity index is 1.45. The second-order valence-electron chi connectivity index (χ2n) is 7.96. The van der Waals surface area contributed by atoms with Gasteiger partial charge in [-0.3, -0.25) is 15.1 Å². The van der Waals surface area contributed by atoms with Gasteiger partial charge < -0.3 is 4.90 Å². The lowest BCUT2D eigenvalue weighted by atomic mass is 9.74. The molecule has 0 spiro atoms. The van der Waals surface area contributed by atoms with Crippen LogP contribution in [0.5, 0.6) is 0 Å². The highest BCUT2D eigenvalue weighted by atomic mass is 35.5. The van der Waals surface area contributed by atoms with Gasteiger partial charge in [0, 0.05) is 45.3 Å². The summed E-state index contributed by atoms with van der Waals surface area (Å²) in [6.45, 7) is 6.85. The first kappa shape index (κ1) is 20.2. The molecule has 5 atom stereocenters. The Bertz CT molecular complexity index is 499. The van der Waals surface area contributed by atoms with E-state index in [1.165, 1.54) is 0 Å². The van der Waals surface area contributed by atoms with Crippen LogP contribution in [0, 0.1) is 17.8 Å². The van der Waals surface area contributed by atoms with Gasteiger partial charge in [-0.05, 0) is 31.1 Å². The van der Waals surface area contributed by atoms with Crippen LogP contribution in [0.4, 0.5) is 13.2 Å². The normalized spacial score (nSPS) is 38.2. The molecule has 5 nitrogen and oxygen atoms in total. The smallest absolute Gasteiger partial charge is 0.301 e. The van der Waals surface area contributed by atoms with Crippen molar-refractivity contribution in [3.05, 3.63) is 0 Å². The van der Waals surface area contributed by atoms with E-state index in [2.05, 4.69) is 20.7 Å². The fourth-order valence-corrected chi connectivity index (χ4v) is 4.84. The first-order valence-electron chi connectivity index (χ1n) is 9.45. The average Bonchev–Trinajstić information content (AvgIpc) is 2.59. The Hall–Kier alpha value is -0.570. The number of alkyl halides is 4. The maximum atomic E-state index is 12.9. The third kappa shape index (κ3) is 4.64. The second kappa shape index (κ2) is 8.20. The van der Waals surface area contributed by atoms with Crippen molar-refractivity contribution in [1.82, 2.24) is 20.7 Å². The number of carbonyl (C=O) groups is 1. The number of nitrogens with one attached hydrogen (secondary N) is 2. The molecule has 3 rings (SSSR count). The van der Waals surface area contributed by atoms with Crippen LogP contribution in [-0.2, 0) is 4.79 Å². The molecule has 1 saturated carbocycles. The zero-order valence-corrected chi connectivity index (χ0v) is 15.8. The van der Waals surface area contributed by atoms with E-state index >= 15 is 0 Å². The quantitative estimate of drug-likeness (QED) is 0.714. The Morgan fingerprint density at radius 3 is 2.50 bits per heavy atom. The van der Waals surface area contributed by atoms with Crippen molar-refractivity contribution in [1.29, 1.82) is 0 Å². The lowest BCUT2D eigenvalue weighted by molar-refractivity contribution is -0.188. The van der Waals surface area contributed by atoms with Crippen LogP contribution in [0.25, 0.3) is 0 Å². The van der Waals surface area contributed by atoms with Crippen LogP contribution in [0.3, 0.4) is 0 Å². The maximum absolute atomic E-state index is 12.9. The Labute approximate surface area is 157 Å². The minimum Gasteiger partial charge on any atom is -0.301 e. The van der Waals surface area contributed by atoms with Gasteiger partial charge in [0.25, 0.3) is 5.91 Å². The van der Waals surface area contributed by atoms with Crippen molar-refractivity contribution >= 4 is 17.5 Å². The number of halogens is 4. The number of hydrogen-bond acceptors (Lipinski definition) is 4. The largest absolute Gasteiger partial charge is 0.391 e. The minimum absolute atomic E-state index is 0.0197. The van der Waals surface area contributed by atoms with Crippen molar-refractivity contribution < 1.29 is 18.0 Å².